The highest BCUT2D eigenvalue weighted by atomic mass is 16.6. The van der Waals surface area contributed by atoms with Gasteiger partial charge in [0.05, 0.1) is 18.6 Å². The molecule has 0 aliphatic carbocycles. The third-order valence-electron chi connectivity index (χ3n) is 3.62. The molecule has 132 valence electrons. The van der Waals surface area contributed by atoms with Crippen LogP contribution >= 0.6 is 0 Å². The lowest BCUT2D eigenvalue weighted by atomic mass is 10.2. The van der Waals surface area contributed by atoms with Gasteiger partial charge >= 0.3 is 11.9 Å². The van der Waals surface area contributed by atoms with Crippen molar-refractivity contribution in [2.75, 3.05) is 31.2 Å². The van der Waals surface area contributed by atoms with Gasteiger partial charge in [0, 0.05) is 33.0 Å². The standard InChI is InChI=1S/C17H17NO7/c1-10(19)23-14-4-3-12-13(21)9-15(18-5-7-22-8-6-18)25-16(12)17(14)24-11(2)20/h3-4,9H,5-8H2,1-2H3. The maximum absolute atomic E-state index is 12.4. The number of morpholine rings is 1. The Morgan fingerprint density at radius 2 is 1.76 bits per heavy atom. The van der Waals surface area contributed by atoms with E-state index in [1.54, 1.807) is 0 Å². The smallest absolute Gasteiger partial charge is 0.308 e. The largest absolute Gasteiger partial charge is 0.436 e. The van der Waals surface area contributed by atoms with Gasteiger partial charge < -0.3 is 23.5 Å². The molecule has 25 heavy (non-hydrogen) atoms. The van der Waals surface area contributed by atoms with Gasteiger partial charge in [0.1, 0.15) is 0 Å². The van der Waals surface area contributed by atoms with Crippen LogP contribution in [-0.4, -0.2) is 38.2 Å². The Balaban J connectivity index is 2.18. The zero-order chi connectivity index (χ0) is 18.0. The first-order chi connectivity index (χ1) is 12.0. The second kappa shape index (κ2) is 6.94. The van der Waals surface area contributed by atoms with Crippen molar-refractivity contribution in [3.63, 3.8) is 0 Å². The number of nitrogens with zero attached hydrogens (tertiary/aromatic N) is 1. The van der Waals surface area contributed by atoms with E-state index in [9.17, 15) is 14.4 Å². The molecule has 0 radical (unpaired) electrons. The third kappa shape index (κ3) is 3.63. The molecule has 0 amide bonds. The number of anilines is 1. The van der Waals surface area contributed by atoms with E-state index in [-0.39, 0.29) is 27.9 Å². The quantitative estimate of drug-likeness (QED) is 0.609. The predicted octanol–water partition coefficient (Wildman–Crippen LogP) is 1.48. The van der Waals surface area contributed by atoms with E-state index in [2.05, 4.69) is 0 Å². The van der Waals surface area contributed by atoms with Gasteiger partial charge in [-0.1, -0.05) is 0 Å². The fourth-order valence-corrected chi connectivity index (χ4v) is 2.58. The molecule has 1 aromatic heterocycles. The van der Waals surface area contributed by atoms with E-state index in [0.717, 1.165) is 0 Å². The lowest BCUT2D eigenvalue weighted by Crippen LogP contribution is -2.36. The van der Waals surface area contributed by atoms with E-state index in [4.69, 9.17) is 18.6 Å². The second-order valence-corrected chi connectivity index (χ2v) is 5.51. The number of ether oxygens (including phenoxy) is 3. The van der Waals surface area contributed by atoms with Gasteiger partial charge in [-0.3, -0.25) is 14.4 Å². The van der Waals surface area contributed by atoms with Crippen molar-refractivity contribution in [3.8, 4) is 11.5 Å². The fourth-order valence-electron chi connectivity index (χ4n) is 2.58. The number of hydrogen-bond donors (Lipinski definition) is 0. The number of fused-ring (bicyclic) bond motifs is 1. The molecule has 0 saturated carbocycles. The Morgan fingerprint density at radius 1 is 1.08 bits per heavy atom. The van der Waals surface area contributed by atoms with Crippen LogP contribution in [0.5, 0.6) is 11.5 Å². The Bertz CT molecular complexity index is 880. The molecule has 0 spiro atoms. The van der Waals surface area contributed by atoms with E-state index in [0.29, 0.717) is 32.2 Å². The average molecular weight is 347 g/mol. The summed E-state index contributed by atoms with van der Waals surface area (Å²) >= 11 is 0. The maximum atomic E-state index is 12.4. The van der Waals surface area contributed by atoms with E-state index < -0.39 is 11.9 Å². The van der Waals surface area contributed by atoms with E-state index in [1.165, 1.54) is 32.0 Å². The molecule has 1 fully saturated rings. The Labute approximate surface area is 142 Å². The van der Waals surface area contributed by atoms with Gasteiger partial charge in [0.25, 0.3) is 0 Å². The average Bonchev–Trinajstić information content (AvgIpc) is 2.57. The molecule has 1 saturated heterocycles. The Hall–Kier alpha value is -2.87. The fraction of sp³-hybridized carbons (Fsp3) is 0.353. The maximum Gasteiger partial charge on any atom is 0.308 e. The molecule has 1 aromatic carbocycles. The first-order valence-corrected chi connectivity index (χ1v) is 7.76. The number of carbonyl (C=O) groups is 2. The van der Waals surface area contributed by atoms with Gasteiger partial charge in [-0.2, -0.15) is 0 Å². The minimum Gasteiger partial charge on any atom is -0.436 e. The highest BCUT2D eigenvalue weighted by Crippen LogP contribution is 2.36. The van der Waals surface area contributed by atoms with Crippen LogP contribution in [0.4, 0.5) is 5.88 Å². The molecular weight excluding hydrogens is 330 g/mol. The van der Waals surface area contributed by atoms with Crippen LogP contribution < -0.4 is 19.8 Å². The van der Waals surface area contributed by atoms with Crippen molar-refractivity contribution in [2.45, 2.75) is 13.8 Å². The van der Waals surface area contributed by atoms with Gasteiger partial charge in [-0.25, -0.2) is 0 Å². The molecule has 1 aliphatic rings. The summed E-state index contributed by atoms with van der Waals surface area (Å²) in [5, 5.41) is 0.226. The Kier molecular flexibility index (Phi) is 4.71. The van der Waals surface area contributed by atoms with Crippen LogP contribution in [0, 0.1) is 0 Å². The summed E-state index contributed by atoms with van der Waals surface area (Å²) in [6, 6.07) is 4.25. The Morgan fingerprint density at radius 3 is 2.40 bits per heavy atom. The summed E-state index contributed by atoms with van der Waals surface area (Å²) in [6.45, 7) is 4.61. The highest BCUT2D eigenvalue weighted by Gasteiger charge is 2.21. The summed E-state index contributed by atoms with van der Waals surface area (Å²) in [5.74, 6) is -0.946. The minimum absolute atomic E-state index is 0.0116. The number of esters is 2. The number of rotatable bonds is 3. The highest BCUT2D eigenvalue weighted by molar-refractivity contribution is 5.89. The number of hydrogen-bond acceptors (Lipinski definition) is 8. The molecule has 2 aromatic rings. The summed E-state index contributed by atoms with van der Waals surface area (Å²) in [7, 11) is 0. The normalized spacial score (nSPS) is 14.4. The molecule has 8 nitrogen and oxygen atoms in total. The van der Waals surface area contributed by atoms with Crippen molar-refractivity contribution in [1.82, 2.24) is 0 Å². The minimum atomic E-state index is -0.625. The summed E-state index contributed by atoms with van der Waals surface area (Å²) < 4.78 is 21.4. The van der Waals surface area contributed by atoms with Crippen molar-refractivity contribution in [2.24, 2.45) is 0 Å². The molecule has 8 heteroatoms. The van der Waals surface area contributed by atoms with Crippen LogP contribution in [-0.2, 0) is 14.3 Å². The van der Waals surface area contributed by atoms with Gasteiger partial charge in [0.15, 0.2) is 22.6 Å². The summed E-state index contributed by atoms with van der Waals surface area (Å²) in [6.07, 6.45) is 0. The number of benzene rings is 1. The van der Waals surface area contributed by atoms with Crippen molar-refractivity contribution < 1.29 is 28.2 Å². The van der Waals surface area contributed by atoms with E-state index >= 15 is 0 Å². The van der Waals surface area contributed by atoms with Crippen molar-refractivity contribution in [1.29, 1.82) is 0 Å². The van der Waals surface area contributed by atoms with Crippen LogP contribution in [0.3, 0.4) is 0 Å². The van der Waals surface area contributed by atoms with Crippen molar-refractivity contribution in [3.05, 3.63) is 28.4 Å². The summed E-state index contributed by atoms with van der Waals surface area (Å²) in [4.78, 5) is 37.1. The molecule has 3 rings (SSSR count). The summed E-state index contributed by atoms with van der Waals surface area (Å²) in [5.41, 5.74) is -0.228. The lowest BCUT2D eigenvalue weighted by molar-refractivity contribution is -0.134. The van der Waals surface area contributed by atoms with Crippen LogP contribution in [0.2, 0.25) is 0 Å². The first kappa shape index (κ1) is 17.0. The van der Waals surface area contributed by atoms with Crippen LogP contribution in [0.25, 0.3) is 11.0 Å². The molecule has 0 N–H and O–H groups in total. The molecule has 0 bridgehead atoms. The van der Waals surface area contributed by atoms with E-state index in [1.807, 2.05) is 4.90 Å². The van der Waals surface area contributed by atoms with Gasteiger partial charge in [-0.15, -0.1) is 0 Å². The topological polar surface area (TPSA) is 95.3 Å². The second-order valence-electron chi connectivity index (χ2n) is 5.51. The van der Waals surface area contributed by atoms with Crippen molar-refractivity contribution >= 4 is 28.8 Å². The first-order valence-electron chi connectivity index (χ1n) is 7.76. The van der Waals surface area contributed by atoms with Gasteiger partial charge in [0.2, 0.25) is 5.75 Å². The molecular formula is C17H17NO7. The number of carbonyl (C=O) groups excluding carboxylic acids is 2. The predicted molar refractivity (Wildman–Crippen MR) is 88.1 cm³/mol. The third-order valence-corrected chi connectivity index (χ3v) is 3.62. The van der Waals surface area contributed by atoms with Crippen LogP contribution in [0.15, 0.2) is 27.4 Å². The zero-order valence-corrected chi connectivity index (χ0v) is 13.9. The molecule has 1 aliphatic heterocycles. The lowest BCUT2D eigenvalue weighted by Gasteiger charge is -2.27. The molecule has 0 unspecified atom stereocenters. The molecule has 0 atom stereocenters. The molecule has 2 heterocycles. The monoisotopic (exact) mass is 347 g/mol. The van der Waals surface area contributed by atoms with Crippen LogP contribution in [0.1, 0.15) is 13.8 Å². The van der Waals surface area contributed by atoms with Gasteiger partial charge in [-0.05, 0) is 12.1 Å². The zero-order valence-electron chi connectivity index (χ0n) is 13.9. The SMILES string of the molecule is CC(=O)Oc1ccc2c(=O)cc(N3CCOCC3)oc2c1OC(C)=O.